The maximum atomic E-state index is 13.9. The van der Waals surface area contributed by atoms with E-state index in [0.717, 1.165) is 14.2 Å². The van der Waals surface area contributed by atoms with Crippen molar-refractivity contribution in [1.29, 1.82) is 0 Å². The van der Waals surface area contributed by atoms with Gasteiger partial charge in [-0.05, 0) is 17.7 Å². The summed E-state index contributed by atoms with van der Waals surface area (Å²) in [6.07, 6.45) is 2.21. The molecule has 0 N–H and O–H groups in total. The Morgan fingerprint density at radius 2 is 1.71 bits per heavy atom. The van der Waals surface area contributed by atoms with Crippen LogP contribution in [0.2, 0.25) is 0 Å². The molecule has 1 spiro atoms. The summed E-state index contributed by atoms with van der Waals surface area (Å²) in [5.74, 6) is -1.70. The van der Waals surface area contributed by atoms with Gasteiger partial charge in [0.15, 0.2) is 15.3 Å². The fraction of sp³-hybridized carbons (Fsp3) is 0.400. The molecule has 28 heavy (non-hydrogen) atoms. The molecule has 2 aliphatic heterocycles. The smallest absolute Gasteiger partial charge is 0.323 e. The lowest BCUT2D eigenvalue weighted by Crippen LogP contribution is -2.52. The molecule has 1 saturated carbocycles. The maximum absolute atomic E-state index is 13.9. The van der Waals surface area contributed by atoms with Gasteiger partial charge in [0.2, 0.25) is 0 Å². The summed E-state index contributed by atoms with van der Waals surface area (Å²) < 4.78 is 41.9. The molecule has 4 rings (SSSR count). The van der Waals surface area contributed by atoms with Crippen molar-refractivity contribution in [3.8, 4) is 0 Å². The predicted octanol–water partition coefficient (Wildman–Crippen LogP) is 1.59. The second-order valence-electron chi connectivity index (χ2n) is 7.37. The highest BCUT2D eigenvalue weighted by Gasteiger charge is 2.80. The highest BCUT2D eigenvalue weighted by atomic mass is 32.2. The molecule has 3 atom stereocenters. The normalized spacial score (nSPS) is 32.2. The first-order valence-corrected chi connectivity index (χ1v) is 10.2. The van der Waals surface area contributed by atoms with Crippen molar-refractivity contribution in [2.45, 2.75) is 34.2 Å². The van der Waals surface area contributed by atoms with Gasteiger partial charge in [0.25, 0.3) is 0 Å². The lowest BCUT2D eigenvalue weighted by Gasteiger charge is -2.37. The van der Waals surface area contributed by atoms with Crippen LogP contribution in [0.3, 0.4) is 0 Å². The molecule has 7 nitrogen and oxygen atoms in total. The van der Waals surface area contributed by atoms with E-state index < -0.39 is 43.6 Å². The van der Waals surface area contributed by atoms with Crippen LogP contribution in [-0.2, 0) is 33.6 Å². The number of hydrogen-bond donors (Lipinski definition) is 0. The number of rotatable bonds is 4. The Labute approximate surface area is 162 Å². The summed E-state index contributed by atoms with van der Waals surface area (Å²) >= 11 is 0. The minimum Gasteiger partial charge on any atom is -0.468 e. The lowest BCUT2D eigenvalue weighted by atomic mass is 9.81. The molecule has 2 fully saturated rings. The van der Waals surface area contributed by atoms with Crippen LogP contribution in [-0.4, -0.2) is 51.0 Å². The Balaban J connectivity index is 1.99. The largest absolute Gasteiger partial charge is 0.468 e. The van der Waals surface area contributed by atoms with Crippen molar-refractivity contribution >= 4 is 21.8 Å². The van der Waals surface area contributed by atoms with Crippen LogP contribution in [0.15, 0.2) is 59.5 Å². The van der Waals surface area contributed by atoms with Gasteiger partial charge in [-0.3, -0.25) is 9.59 Å². The third-order valence-corrected chi connectivity index (χ3v) is 8.77. The first-order chi connectivity index (χ1) is 13.2. The van der Waals surface area contributed by atoms with Gasteiger partial charge in [-0.1, -0.05) is 36.9 Å². The number of carbonyl (C=O) groups is 2. The zero-order valence-corrected chi connectivity index (χ0v) is 16.3. The fourth-order valence-corrected chi connectivity index (χ4v) is 7.43. The molecule has 2 heterocycles. The number of fused-ring (bicyclic) bond motifs is 1. The average molecular weight is 404 g/mol. The van der Waals surface area contributed by atoms with Crippen molar-refractivity contribution in [2.75, 3.05) is 14.2 Å². The quantitative estimate of drug-likeness (QED) is 0.427. The van der Waals surface area contributed by atoms with Crippen LogP contribution < -0.4 is 0 Å². The van der Waals surface area contributed by atoms with E-state index in [0.29, 0.717) is 5.57 Å². The third-order valence-electron chi connectivity index (χ3n) is 6.20. The Hall–Kier alpha value is -2.45. The SMILES string of the molecule is C=C1C2C=CC3(CC(C(=O)OC)(C(=O)OC)CC13S(=O)(=O)c1ccccc1)O2. The van der Waals surface area contributed by atoms with E-state index in [-0.39, 0.29) is 17.7 Å². The van der Waals surface area contributed by atoms with Crippen molar-refractivity contribution in [1.82, 2.24) is 0 Å². The van der Waals surface area contributed by atoms with E-state index in [1.165, 1.54) is 12.1 Å². The second kappa shape index (κ2) is 5.78. The van der Waals surface area contributed by atoms with Gasteiger partial charge in [0.05, 0.1) is 25.2 Å². The summed E-state index contributed by atoms with van der Waals surface area (Å²) in [6, 6.07) is 7.91. The molecule has 8 heteroatoms. The monoisotopic (exact) mass is 404 g/mol. The number of hydrogen-bond acceptors (Lipinski definition) is 7. The van der Waals surface area contributed by atoms with Crippen LogP contribution in [0.25, 0.3) is 0 Å². The Bertz CT molecular complexity index is 994. The predicted molar refractivity (Wildman–Crippen MR) is 97.9 cm³/mol. The molecular weight excluding hydrogens is 384 g/mol. The molecule has 1 saturated heterocycles. The van der Waals surface area contributed by atoms with Gasteiger partial charge in [-0.15, -0.1) is 0 Å². The van der Waals surface area contributed by atoms with Crippen LogP contribution in [0.1, 0.15) is 12.8 Å². The van der Waals surface area contributed by atoms with E-state index in [9.17, 15) is 18.0 Å². The number of ether oxygens (including phenoxy) is 3. The first kappa shape index (κ1) is 18.9. The van der Waals surface area contributed by atoms with Gasteiger partial charge < -0.3 is 14.2 Å². The van der Waals surface area contributed by atoms with Crippen LogP contribution in [0.4, 0.5) is 0 Å². The summed E-state index contributed by atoms with van der Waals surface area (Å²) in [5, 5.41) is 0. The standard InChI is InChI=1S/C20H20O7S/c1-13-15-9-10-19(27-15)11-18(16(21)25-2,17(22)26-3)12-20(13,19)28(23,24)14-7-5-4-6-8-14/h4-10,15H,1,11-12H2,2-3H3. The molecule has 0 amide bonds. The molecule has 0 radical (unpaired) electrons. The number of benzene rings is 1. The highest BCUT2D eigenvalue weighted by Crippen LogP contribution is 2.67. The van der Waals surface area contributed by atoms with Crippen LogP contribution >= 0.6 is 0 Å². The first-order valence-electron chi connectivity index (χ1n) is 8.74. The van der Waals surface area contributed by atoms with E-state index in [1.807, 2.05) is 0 Å². The van der Waals surface area contributed by atoms with Gasteiger partial charge >= 0.3 is 11.9 Å². The van der Waals surface area contributed by atoms with Crippen molar-refractivity contribution in [2.24, 2.45) is 5.41 Å². The van der Waals surface area contributed by atoms with E-state index in [4.69, 9.17) is 14.2 Å². The molecule has 2 bridgehead atoms. The van der Waals surface area contributed by atoms with Crippen LogP contribution in [0, 0.1) is 5.41 Å². The summed E-state index contributed by atoms with van der Waals surface area (Å²) in [4.78, 5) is 25.5. The molecule has 1 aromatic rings. The Morgan fingerprint density at radius 3 is 2.29 bits per heavy atom. The molecule has 0 aromatic heterocycles. The summed E-state index contributed by atoms with van der Waals surface area (Å²) in [5.41, 5.74) is -2.90. The fourth-order valence-electron chi connectivity index (χ4n) is 4.97. The summed E-state index contributed by atoms with van der Waals surface area (Å²) in [7, 11) is -1.77. The number of esters is 2. The molecule has 1 aromatic carbocycles. The van der Waals surface area contributed by atoms with E-state index in [2.05, 4.69) is 6.58 Å². The zero-order chi connectivity index (χ0) is 20.4. The van der Waals surface area contributed by atoms with Gasteiger partial charge in [-0.2, -0.15) is 0 Å². The highest BCUT2D eigenvalue weighted by molar-refractivity contribution is 7.93. The molecular formula is C20H20O7S. The van der Waals surface area contributed by atoms with E-state index >= 15 is 0 Å². The molecule has 3 unspecified atom stereocenters. The topological polar surface area (TPSA) is 96.0 Å². The minimum atomic E-state index is -4.07. The lowest BCUT2D eigenvalue weighted by molar-refractivity contribution is -0.170. The zero-order valence-electron chi connectivity index (χ0n) is 15.5. The second-order valence-corrected chi connectivity index (χ2v) is 9.55. The van der Waals surface area contributed by atoms with Crippen molar-refractivity contribution < 1.29 is 32.2 Å². The summed E-state index contributed by atoms with van der Waals surface area (Å²) in [6.45, 7) is 4.01. The van der Waals surface area contributed by atoms with Gasteiger partial charge in [-0.25, -0.2) is 8.42 Å². The van der Waals surface area contributed by atoms with Gasteiger partial charge in [0, 0.05) is 12.8 Å². The molecule has 3 aliphatic rings. The third kappa shape index (κ3) is 1.94. The van der Waals surface area contributed by atoms with Crippen molar-refractivity contribution in [3.05, 3.63) is 54.6 Å². The molecule has 148 valence electrons. The van der Waals surface area contributed by atoms with E-state index in [1.54, 1.807) is 30.4 Å². The maximum Gasteiger partial charge on any atom is 0.323 e. The number of methoxy groups -OCH3 is 2. The number of carbonyl (C=O) groups excluding carboxylic acids is 2. The number of sulfone groups is 1. The Morgan fingerprint density at radius 1 is 1.11 bits per heavy atom. The average Bonchev–Trinajstić information content (AvgIpc) is 3.34. The van der Waals surface area contributed by atoms with Crippen LogP contribution in [0.5, 0.6) is 0 Å². The minimum absolute atomic E-state index is 0.0746. The Kier molecular flexibility index (Phi) is 3.90. The van der Waals surface area contributed by atoms with Crippen molar-refractivity contribution in [3.63, 3.8) is 0 Å². The molecule has 1 aliphatic carbocycles. The van der Waals surface area contributed by atoms with Gasteiger partial charge in [0.1, 0.15) is 10.3 Å².